The number of nitrogens with zero attached hydrogens (tertiary/aromatic N) is 3. The van der Waals surface area contributed by atoms with Gasteiger partial charge in [0.2, 0.25) is 5.91 Å². The predicted molar refractivity (Wildman–Crippen MR) is 98.4 cm³/mol. The lowest BCUT2D eigenvalue weighted by Crippen LogP contribution is -2.63. The molecular weight excluding hydrogens is 328 g/mol. The summed E-state index contributed by atoms with van der Waals surface area (Å²) in [4.78, 5) is 18.0. The smallest absolute Gasteiger partial charge is 0.241 e. The highest BCUT2D eigenvalue weighted by Crippen LogP contribution is 2.71. The van der Waals surface area contributed by atoms with Gasteiger partial charge in [0.1, 0.15) is 5.41 Å². The second-order valence-electron chi connectivity index (χ2n) is 8.99. The third-order valence-electron chi connectivity index (χ3n) is 7.70. The van der Waals surface area contributed by atoms with E-state index in [1.807, 2.05) is 0 Å². The Morgan fingerprint density at radius 2 is 1.77 bits per heavy atom. The summed E-state index contributed by atoms with van der Waals surface area (Å²) in [5.41, 5.74) is -0.744. The van der Waals surface area contributed by atoms with Crippen LogP contribution in [0.2, 0.25) is 0 Å². The second-order valence-corrected chi connectivity index (χ2v) is 8.99. The summed E-state index contributed by atoms with van der Waals surface area (Å²) in [6.45, 7) is 6.20. The number of nitriles is 1. The Kier molecular flexibility index (Phi) is 4.75. The molecule has 26 heavy (non-hydrogen) atoms. The molecule has 2 saturated heterocycles. The Labute approximate surface area is 156 Å². The molecule has 4 fully saturated rings. The van der Waals surface area contributed by atoms with E-state index in [2.05, 4.69) is 28.2 Å². The number of carbonyl (C=O) groups is 1. The van der Waals surface area contributed by atoms with Gasteiger partial charge in [-0.2, -0.15) is 5.26 Å². The third kappa shape index (κ3) is 2.85. The van der Waals surface area contributed by atoms with Crippen molar-refractivity contribution in [3.8, 4) is 6.07 Å². The lowest BCUT2D eigenvalue weighted by atomic mass is 9.84. The largest absolute Gasteiger partial charge is 0.379 e. The van der Waals surface area contributed by atoms with Crippen molar-refractivity contribution in [2.24, 2.45) is 10.8 Å². The number of carbonyl (C=O) groups excluding carboxylic acids is 1. The molecule has 0 aromatic heterocycles. The molecule has 2 aliphatic carbocycles. The Bertz CT molecular complexity index is 581. The number of piperidine rings is 1. The fraction of sp³-hybridized carbons (Fsp3) is 0.900. The van der Waals surface area contributed by atoms with Gasteiger partial charge < -0.3 is 15.0 Å². The Hall–Kier alpha value is -1.16. The van der Waals surface area contributed by atoms with Crippen molar-refractivity contribution in [1.29, 1.82) is 5.26 Å². The monoisotopic (exact) mass is 360 g/mol. The third-order valence-corrected chi connectivity index (χ3v) is 7.70. The fourth-order valence-corrected chi connectivity index (χ4v) is 5.72. The van der Waals surface area contributed by atoms with Crippen LogP contribution in [0.5, 0.6) is 0 Å². The van der Waals surface area contributed by atoms with E-state index in [4.69, 9.17) is 4.74 Å². The molecule has 4 rings (SSSR count). The normalized spacial score (nSPS) is 33.7. The van der Waals surface area contributed by atoms with Crippen molar-refractivity contribution in [1.82, 2.24) is 15.1 Å². The van der Waals surface area contributed by atoms with E-state index in [1.165, 1.54) is 12.8 Å². The predicted octanol–water partition coefficient (Wildman–Crippen LogP) is 1.37. The van der Waals surface area contributed by atoms with Gasteiger partial charge in [-0.1, -0.05) is 12.8 Å². The molecule has 6 heteroatoms. The SMILES string of the molecule is CN1CCC(CNC(=O)C2(C#N)CC23CCCC3)(N2CCOCC2)CC1. The summed E-state index contributed by atoms with van der Waals surface area (Å²) in [7, 11) is 2.17. The number of rotatable bonds is 4. The summed E-state index contributed by atoms with van der Waals surface area (Å²) in [5, 5.41) is 13.0. The highest BCUT2D eigenvalue weighted by Gasteiger charge is 2.72. The minimum atomic E-state index is -0.749. The van der Waals surface area contributed by atoms with Gasteiger partial charge in [0.25, 0.3) is 0 Å². The summed E-state index contributed by atoms with van der Waals surface area (Å²) in [5.74, 6) is -0.00605. The first-order chi connectivity index (χ1) is 12.6. The van der Waals surface area contributed by atoms with Crippen LogP contribution in [-0.4, -0.2) is 74.2 Å². The lowest BCUT2D eigenvalue weighted by Gasteiger charge is -2.49. The maximum absolute atomic E-state index is 13.1. The van der Waals surface area contributed by atoms with Crippen LogP contribution < -0.4 is 5.32 Å². The van der Waals surface area contributed by atoms with Gasteiger partial charge in [-0.25, -0.2) is 0 Å². The van der Waals surface area contributed by atoms with Crippen molar-refractivity contribution in [2.45, 2.75) is 50.5 Å². The number of nitrogens with one attached hydrogen (secondary N) is 1. The van der Waals surface area contributed by atoms with E-state index in [-0.39, 0.29) is 16.9 Å². The maximum Gasteiger partial charge on any atom is 0.241 e. The van der Waals surface area contributed by atoms with Crippen LogP contribution in [-0.2, 0) is 9.53 Å². The number of likely N-dealkylation sites (tertiary alicyclic amines) is 1. The van der Waals surface area contributed by atoms with Crippen LogP contribution in [0.15, 0.2) is 0 Å². The molecule has 1 atom stereocenters. The molecule has 2 heterocycles. The zero-order valence-corrected chi connectivity index (χ0v) is 16.1. The lowest BCUT2D eigenvalue weighted by molar-refractivity contribution is -0.127. The number of morpholine rings is 1. The molecule has 0 bridgehead atoms. The summed E-state index contributed by atoms with van der Waals surface area (Å²) in [6.07, 6.45) is 7.33. The van der Waals surface area contributed by atoms with Crippen molar-refractivity contribution < 1.29 is 9.53 Å². The molecule has 1 unspecified atom stereocenters. The Morgan fingerprint density at radius 3 is 2.38 bits per heavy atom. The summed E-state index contributed by atoms with van der Waals surface area (Å²) >= 11 is 0. The average molecular weight is 361 g/mol. The second kappa shape index (κ2) is 6.78. The molecular formula is C20H32N4O2. The number of hydrogen-bond acceptors (Lipinski definition) is 5. The van der Waals surface area contributed by atoms with Gasteiger partial charge in [-0.15, -0.1) is 0 Å². The molecule has 0 radical (unpaired) electrons. The Balaban J connectivity index is 1.45. The van der Waals surface area contributed by atoms with Gasteiger partial charge >= 0.3 is 0 Å². The number of hydrogen-bond donors (Lipinski definition) is 1. The molecule has 1 spiro atoms. The topological polar surface area (TPSA) is 68.6 Å². The molecule has 0 aromatic rings. The molecule has 2 aliphatic heterocycles. The van der Waals surface area contributed by atoms with Crippen LogP contribution in [0.25, 0.3) is 0 Å². The van der Waals surface area contributed by atoms with Crippen molar-refractivity contribution >= 4 is 5.91 Å². The van der Waals surface area contributed by atoms with Crippen molar-refractivity contribution in [3.05, 3.63) is 0 Å². The fourth-order valence-electron chi connectivity index (χ4n) is 5.72. The summed E-state index contributed by atoms with van der Waals surface area (Å²) < 4.78 is 5.54. The van der Waals surface area contributed by atoms with E-state index < -0.39 is 5.41 Å². The quantitative estimate of drug-likeness (QED) is 0.820. The minimum Gasteiger partial charge on any atom is -0.379 e. The highest BCUT2D eigenvalue weighted by atomic mass is 16.5. The molecule has 0 aromatic carbocycles. The average Bonchev–Trinajstić information content (AvgIpc) is 3.07. The van der Waals surface area contributed by atoms with E-state index in [1.54, 1.807) is 0 Å². The summed E-state index contributed by atoms with van der Waals surface area (Å²) in [6, 6.07) is 2.42. The maximum atomic E-state index is 13.1. The van der Waals surface area contributed by atoms with Gasteiger partial charge in [0.05, 0.1) is 19.3 Å². The van der Waals surface area contributed by atoms with Crippen LogP contribution in [0.1, 0.15) is 44.9 Å². The molecule has 1 N–H and O–H groups in total. The van der Waals surface area contributed by atoms with Crippen LogP contribution in [0, 0.1) is 22.2 Å². The van der Waals surface area contributed by atoms with Crippen molar-refractivity contribution in [3.63, 3.8) is 0 Å². The molecule has 144 valence electrons. The zero-order chi connectivity index (χ0) is 18.3. The zero-order valence-electron chi connectivity index (χ0n) is 16.1. The van der Waals surface area contributed by atoms with E-state index >= 15 is 0 Å². The van der Waals surface area contributed by atoms with Crippen LogP contribution in [0.4, 0.5) is 0 Å². The highest BCUT2D eigenvalue weighted by molar-refractivity contribution is 5.90. The number of amides is 1. The Morgan fingerprint density at radius 1 is 1.12 bits per heavy atom. The molecule has 2 saturated carbocycles. The van der Waals surface area contributed by atoms with Crippen LogP contribution >= 0.6 is 0 Å². The van der Waals surface area contributed by atoms with Gasteiger partial charge in [-0.3, -0.25) is 9.69 Å². The van der Waals surface area contributed by atoms with Gasteiger partial charge in [0.15, 0.2) is 0 Å². The molecule has 4 aliphatic rings. The van der Waals surface area contributed by atoms with Crippen molar-refractivity contribution in [2.75, 3.05) is 53.0 Å². The number of ether oxygens (including phenoxy) is 1. The first kappa shape index (κ1) is 18.2. The van der Waals surface area contributed by atoms with E-state index in [9.17, 15) is 10.1 Å². The van der Waals surface area contributed by atoms with Gasteiger partial charge in [0, 0.05) is 30.6 Å². The molecule has 1 amide bonds. The minimum absolute atomic E-state index is 0.00605. The van der Waals surface area contributed by atoms with Crippen LogP contribution in [0.3, 0.4) is 0 Å². The van der Waals surface area contributed by atoms with Gasteiger partial charge in [-0.05, 0) is 52.2 Å². The van der Waals surface area contributed by atoms with E-state index in [0.717, 1.165) is 71.5 Å². The standard InChI is InChI=1S/C20H32N4O2/c1-23-8-6-19(7-9-23,24-10-12-26-13-11-24)16-22-17(25)20(15-21)14-18(20)4-2-3-5-18/h2-14,16H2,1H3,(H,22,25). The van der Waals surface area contributed by atoms with E-state index in [0.29, 0.717) is 6.54 Å². The molecule has 6 nitrogen and oxygen atoms in total. The first-order valence-electron chi connectivity index (χ1n) is 10.3. The first-order valence-corrected chi connectivity index (χ1v) is 10.3.